The molecule has 0 rings (SSSR count). The van der Waals surface area contributed by atoms with Crippen molar-refractivity contribution in [2.24, 2.45) is 0 Å². The summed E-state index contributed by atoms with van der Waals surface area (Å²) in [6, 6.07) is 0.0493. The molecule has 6 heteroatoms. The van der Waals surface area contributed by atoms with Crippen molar-refractivity contribution in [1.82, 2.24) is 10.2 Å². The first kappa shape index (κ1) is 15.7. The highest BCUT2D eigenvalue weighted by Crippen LogP contribution is 2.19. The van der Waals surface area contributed by atoms with Gasteiger partial charge < -0.3 is 15.3 Å². The van der Waals surface area contributed by atoms with E-state index in [1.807, 2.05) is 6.92 Å². The number of hydrogen-bond donors (Lipinski definition) is 2. The molecular formula is C10H21F3N2O. The lowest BCUT2D eigenvalue weighted by molar-refractivity contribution is -0.137. The Morgan fingerprint density at radius 2 is 2.00 bits per heavy atom. The van der Waals surface area contributed by atoms with Crippen molar-refractivity contribution in [2.75, 3.05) is 33.3 Å². The SMILES string of the molecule is CCNC(CCO)CN(C)CCC(F)(F)F. The van der Waals surface area contributed by atoms with E-state index in [0.29, 0.717) is 13.0 Å². The molecule has 0 bridgehead atoms. The molecule has 98 valence electrons. The first-order chi connectivity index (χ1) is 7.39. The Balaban J connectivity index is 3.85. The Bertz CT molecular complexity index is 170. The highest BCUT2D eigenvalue weighted by atomic mass is 19.4. The fourth-order valence-electron chi connectivity index (χ4n) is 1.49. The standard InChI is InChI=1S/C10H21F3N2O/c1-3-14-9(4-7-16)8-15(2)6-5-10(11,12)13/h9,14,16H,3-8H2,1-2H3. The number of nitrogens with one attached hydrogen (secondary N) is 1. The van der Waals surface area contributed by atoms with Gasteiger partial charge in [-0.2, -0.15) is 13.2 Å². The van der Waals surface area contributed by atoms with Crippen LogP contribution in [0.5, 0.6) is 0 Å². The van der Waals surface area contributed by atoms with Crippen molar-refractivity contribution in [3.8, 4) is 0 Å². The highest BCUT2D eigenvalue weighted by Gasteiger charge is 2.27. The van der Waals surface area contributed by atoms with E-state index < -0.39 is 12.6 Å². The van der Waals surface area contributed by atoms with Crippen LogP contribution >= 0.6 is 0 Å². The molecule has 0 aromatic heterocycles. The van der Waals surface area contributed by atoms with Crippen LogP contribution in [0.2, 0.25) is 0 Å². The van der Waals surface area contributed by atoms with Gasteiger partial charge in [-0.25, -0.2) is 0 Å². The Morgan fingerprint density at radius 3 is 2.44 bits per heavy atom. The number of halogens is 3. The van der Waals surface area contributed by atoms with Crippen LogP contribution in [0.4, 0.5) is 13.2 Å². The van der Waals surface area contributed by atoms with E-state index in [4.69, 9.17) is 5.11 Å². The summed E-state index contributed by atoms with van der Waals surface area (Å²) in [5, 5.41) is 11.9. The molecule has 0 aromatic rings. The van der Waals surface area contributed by atoms with Crippen LogP contribution in [0, 0.1) is 0 Å². The summed E-state index contributed by atoms with van der Waals surface area (Å²) in [6.45, 7) is 3.24. The van der Waals surface area contributed by atoms with E-state index in [9.17, 15) is 13.2 Å². The van der Waals surface area contributed by atoms with Crippen molar-refractivity contribution in [3.63, 3.8) is 0 Å². The second-order valence-corrected chi connectivity index (χ2v) is 3.89. The van der Waals surface area contributed by atoms with Crippen molar-refractivity contribution < 1.29 is 18.3 Å². The fourth-order valence-corrected chi connectivity index (χ4v) is 1.49. The van der Waals surface area contributed by atoms with Crippen LogP contribution in [0.15, 0.2) is 0 Å². The molecule has 2 N–H and O–H groups in total. The minimum Gasteiger partial charge on any atom is -0.396 e. The normalized spacial score (nSPS) is 14.4. The molecule has 0 saturated carbocycles. The summed E-state index contributed by atoms with van der Waals surface area (Å²) in [7, 11) is 1.66. The second kappa shape index (κ2) is 7.86. The third kappa shape index (κ3) is 8.94. The number of hydrogen-bond acceptors (Lipinski definition) is 3. The molecule has 0 amide bonds. The average molecular weight is 242 g/mol. The number of aliphatic hydroxyl groups excluding tert-OH is 1. The number of rotatable bonds is 8. The molecule has 1 unspecified atom stereocenters. The van der Waals surface area contributed by atoms with Gasteiger partial charge in [-0.05, 0) is 20.0 Å². The zero-order valence-electron chi connectivity index (χ0n) is 9.85. The second-order valence-electron chi connectivity index (χ2n) is 3.89. The maximum Gasteiger partial charge on any atom is 0.390 e. The van der Waals surface area contributed by atoms with E-state index in [0.717, 1.165) is 6.54 Å². The van der Waals surface area contributed by atoms with Crippen molar-refractivity contribution >= 4 is 0 Å². The van der Waals surface area contributed by atoms with E-state index in [1.165, 1.54) is 0 Å². The van der Waals surface area contributed by atoms with Gasteiger partial charge in [0.25, 0.3) is 0 Å². The summed E-state index contributed by atoms with van der Waals surface area (Å²) < 4.78 is 35.9. The van der Waals surface area contributed by atoms with Crippen molar-refractivity contribution in [1.29, 1.82) is 0 Å². The first-order valence-corrected chi connectivity index (χ1v) is 5.48. The summed E-state index contributed by atoms with van der Waals surface area (Å²) >= 11 is 0. The molecule has 3 nitrogen and oxygen atoms in total. The molecule has 0 saturated heterocycles. The Morgan fingerprint density at radius 1 is 1.38 bits per heavy atom. The third-order valence-electron chi connectivity index (χ3n) is 2.28. The number of aliphatic hydroxyl groups is 1. The van der Waals surface area contributed by atoms with E-state index in [2.05, 4.69) is 5.32 Å². The topological polar surface area (TPSA) is 35.5 Å². The molecule has 0 radical (unpaired) electrons. The highest BCUT2D eigenvalue weighted by molar-refractivity contribution is 4.70. The maximum absolute atomic E-state index is 12.0. The van der Waals surface area contributed by atoms with Gasteiger partial charge in [-0.15, -0.1) is 0 Å². The minimum atomic E-state index is -4.10. The largest absolute Gasteiger partial charge is 0.396 e. The summed E-state index contributed by atoms with van der Waals surface area (Å²) in [6.07, 6.45) is -4.33. The lowest BCUT2D eigenvalue weighted by Crippen LogP contribution is -2.41. The lowest BCUT2D eigenvalue weighted by atomic mass is 10.2. The third-order valence-corrected chi connectivity index (χ3v) is 2.28. The van der Waals surface area contributed by atoms with Crippen LogP contribution in [-0.2, 0) is 0 Å². The molecular weight excluding hydrogens is 221 g/mol. The predicted molar refractivity (Wildman–Crippen MR) is 57.3 cm³/mol. The van der Waals surface area contributed by atoms with Gasteiger partial charge in [0, 0.05) is 25.7 Å². The Labute approximate surface area is 94.6 Å². The fraction of sp³-hybridized carbons (Fsp3) is 1.00. The monoisotopic (exact) mass is 242 g/mol. The average Bonchev–Trinajstić information content (AvgIpc) is 2.14. The Kier molecular flexibility index (Phi) is 7.70. The van der Waals surface area contributed by atoms with Crippen molar-refractivity contribution in [3.05, 3.63) is 0 Å². The molecule has 0 aliphatic carbocycles. The van der Waals surface area contributed by atoms with Crippen molar-refractivity contribution in [2.45, 2.75) is 32.0 Å². The van der Waals surface area contributed by atoms with Crippen LogP contribution in [0.25, 0.3) is 0 Å². The number of likely N-dealkylation sites (N-methyl/N-ethyl adjacent to an activating group) is 2. The van der Waals surface area contributed by atoms with Gasteiger partial charge in [0.15, 0.2) is 0 Å². The predicted octanol–water partition coefficient (Wildman–Crippen LogP) is 1.23. The molecule has 0 fully saturated rings. The molecule has 0 heterocycles. The van der Waals surface area contributed by atoms with E-state index in [-0.39, 0.29) is 19.2 Å². The number of alkyl halides is 3. The van der Waals surface area contributed by atoms with Crippen LogP contribution < -0.4 is 5.32 Å². The van der Waals surface area contributed by atoms with Crippen LogP contribution in [0.3, 0.4) is 0 Å². The molecule has 0 spiro atoms. The minimum absolute atomic E-state index is 0.00315. The Hall–Kier alpha value is -0.330. The molecule has 0 aliphatic heterocycles. The van der Waals surface area contributed by atoms with Gasteiger partial charge in [0.1, 0.15) is 0 Å². The summed E-state index contributed by atoms with van der Waals surface area (Å²) in [5.41, 5.74) is 0. The van der Waals surface area contributed by atoms with Gasteiger partial charge >= 0.3 is 6.18 Å². The molecule has 16 heavy (non-hydrogen) atoms. The maximum atomic E-state index is 12.0. The lowest BCUT2D eigenvalue weighted by Gasteiger charge is -2.24. The molecule has 1 atom stereocenters. The number of nitrogens with zero attached hydrogens (tertiary/aromatic N) is 1. The van der Waals surface area contributed by atoms with Gasteiger partial charge in [0.05, 0.1) is 6.42 Å². The first-order valence-electron chi connectivity index (χ1n) is 5.48. The van der Waals surface area contributed by atoms with Gasteiger partial charge in [-0.3, -0.25) is 0 Å². The van der Waals surface area contributed by atoms with E-state index >= 15 is 0 Å². The van der Waals surface area contributed by atoms with Gasteiger partial charge in [-0.1, -0.05) is 6.92 Å². The van der Waals surface area contributed by atoms with Crippen LogP contribution in [-0.4, -0.2) is 55.5 Å². The zero-order valence-corrected chi connectivity index (χ0v) is 9.85. The molecule has 0 aromatic carbocycles. The summed E-state index contributed by atoms with van der Waals surface area (Å²) in [4.78, 5) is 1.64. The summed E-state index contributed by atoms with van der Waals surface area (Å²) in [5.74, 6) is 0. The quantitative estimate of drug-likeness (QED) is 0.672. The van der Waals surface area contributed by atoms with Crippen LogP contribution in [0.1, 0.15) is 19.8 Å². The van der Waals surface area contributed by atoms with E-state index in [1.54, 1.807) is 11.9 Å². The molecule has 0 aliphatic rings. The zero-order chi connectivity index (χ0) is 12.6. The smallest absolute Gasteiger partial charge is 0.390 e. The van der Waals surface area contributed by atoms with Gasteiger partial charge in [0.2, 0.25) is 0 Å².